The molecule has 0 saturated carbocycles. The molecule has 5 nitrogen and oxygen atoms in total. The smallest absolute Gasteiger partial charge is 0.225 e. The van der Waals surface area contributed by atoms with Crippen molar-refractivity contribution in [3.05, 3.63) is 53.3 Å². The second-order valence-electron chi connectivity index (χ2n) is 5.63. The molecule has 4 rings (SSSR count). The number of benzene rings is 1. The van der Waals surface area contributed by atoms with Crippen molar-refractivity contribution in [3.63, 3.8) is 0 Å². The van der Waals surface area contributed by atoms with Crippen molar-refractivity contribution in [3.8, 4) is 5.75 Å². The van der Waals surface area contributed by atoms with Crippen LogP contribution < -0.4 is 10.1 Å². The van der Waals surface area contributed by atoms with Crippen LogP contribution in [0.3, 0.4) is 0 Å². The second kappa shape index (κ2) is 5.26. The van der Waals surface area contributed by atoms with Crippen molar-refractivity contribution in [1.82, 2.24) is 5.32 Å². The Kier molecular flexibility index (Phi) is 3.24. The van der Waals surface area contributed by atoms with Gasteiger partial charge in [-0.1, -0.05) is 18.2 Å². The minimum atomic E-state index is -0.115. The third kappa shape index (κ3) is 2.14. The van der Waals surface area contributed by atoms with Gasteiger partial charge in [0.2, 0.25) is 5.91 Å². The van der Waals surface area contributed by atoms with Gasteiger partial charge in [-0.25, -0.2) is 0 Å². The number of fused-ring (bicyclic) bond motifs is 2. The molecule has 0 aromatic heterocycles. The van der Waals surface area contributed by atoms with Crippen molar-refractivity contribution in [2.24, 2.45) is 0 Å². The van der Waals surface area contributed by atoms with Crippen molar-refractivity contribution in [2.45, 2.75) is 24.5 Å². The highest BCUT2D eigenvalue weighted by atomic mass is 16.7. The Morgan fingerprint density at radius 3 is 2.77 bits per heavy atom. The number of nitrogens with one attached hydrogen (secondary N) is 1. The van der Waals surface area contributed by atoms with E-state index in [4.69, 9.17) is 14.2 Å². The van der Waals surface area contributed by atoms with E-state index in [0.717, 1.165) is 22.6 Å². The Morgan fingerprint density at radius 1 is 1.18 bits per heavy atom. The van der Waals surface area contributed by atoms with Gasteiger partial charge in [-0.2, -0.15) is 0 Å². The number of ether oxygens (including phenoxy) is 3. The van der Waals surface area contributed by atoms with Gasteiger partial charge in [0.15, 0.2) is 0 Å². The Bertz CT molecular complexity index is 679. The van der Waals surface area contributed by atoms with E-state index in [1.807, 2.05) is 30.3 Å². The maximum Gasteiger partial charge on any atom is 0.225 e. The van der Waals surface area contributed by atoms with Crippen LogP contribution in [0.15, 0.2) is 47.7 Å². The maximum atomic E-state index is 12.1. The molecule has 1 N–H and O–H groups in total. The normalized spacial score (nSPS) is 29.9. The molecule has 1 aliphatic carbocycles. The molecule has 0 bridgehead atoms. The summed E-state index contributed by atoms with van der Waals surface area (Å²) in [7, 11) is 1.65. The zero-order valence-electron chi connectivity index (χ0n) is 12.2. The molecule has 2 heterocycles. The Hall–Kier alpha value is -2.11. The van der Waals surface area contributed by atoms with Crippen molar-refractivity contribution in [1.29, 1.82) is 0 Å². The van der Waals surface area contributed by atoms with E-state index in [9.17, 15) is 4.79 Å². The van der Waals surface area contributed by atoms with Crippen LogP contribution in [-0.4, -0.2) is 32.0 Å². The molecule has 0 radical (unpaired) electrons. The summed E-state index contributed by atoms with van der Waals surface area (Å²) >= 11 is 0. The number of piperidine rings is 1. The predicted molar refractivity (Wildman–Crippen MR) is 79.3 cm³/mol. The molecule has 2 aliphatic heterocycles. The summed E-state index contributed by atoms with van der Waals surface area (Å²) in [5, 5.41) is 2.95. The highest BCUT2D eigenvalue weighted by Gasteiger charge is 2.38. The molecule has 2 fully saturated rings. The van der Waals surface area contributed by atoms with Crippen LogP contribution in [0.25, 0.3) is 0 Å². The maximum absolute atomic E-state index is 12.1. The van der Waals surface area contributed by atoms with Crippen LogP contribution in [0, 0.1) is 0 Å². The molecule has 1 aromatic carbocycles. The number of rotatable bonds is 2. The summed E-state index contributed by atoms with van der Waals surface area (Å²) < 4.78 is 16.6. The summed E-state index contributed by atoms with van der Waals surface area (Å²) in [5.74, 6) is 0.783. The summed E-state index contributed by atoms with van der Waals surface area (Å²) in [6.07, 6.45) is 4.24. The number of hydrogen-bond acceptors (Lipinski definition) is 4. The lowest BCUT2D eigenvalue weighted by Gasteiger charge is -2.33. The molecule has 2 saturated heterocycles. The quantitative estimate of drug-likeness (QED) is 0.905. The van der Waals surface area contributed by atoms with Gasteiger partial charge in [0.1, 0.15) is 24.8 Å². The first-order valence-electron chi connectivity index (χ1n) is 7.36. The fourth-order valence-electron chi connectivity index (χ4n) is 3.35. The van der Waals surface area contributed by atoms with Crippen LogP contribution in [0.1, 0.15) is 17.9 Å². The molecule has 22 heavy (non-hydrogen) atoms. The third-order valence-electron chi connectivity index (χ3n) is 4.38. The zero-order chi connectivity index (χ0) is 15.1. The number of carbonyl (C=O) groups excluding carboxylic acids is 1. The van der Waals surface area contributed by atoms with Gasteiger partial charge >= 0.3 is 0 Å². The Labute approximate surface area is 128 Å². The van der Waals surface area contributed by atoms with Gasteiger partial charge in [0.05, 0.1) is 7.11 Å². The lowest BCUT2D eigenvalue weighted by Crippen LogP contribution is -2.37. The monoisotopic (exact) mass is 299 g/mol. The molecular weight excluding hydrogens is 282 g/mol. The van der Waals surface area contributed by atoms with Crippen molar-refractivity contribution < 1.29 is 19.0 Å². The molecule has 3 aliphatic rings. The van der Waals surface area contributed by atoms with Crippen LogP contribution >= 0.6 is 0 Å². The SMILES string of the molecule is COc1ccccc1C1CC(=O)NC2=CC3OCOC3C=C21. The molecule has 3 atom stereocenters. The summed E-state index contributed by atoms with van der Waals surface area (Å²) in [4.78, 5) is 12.1. The number of amides is 1. The molecular formula is C17H17NO4. The van der Waals surface area contributed by atoms with Crippen LogP contribution in [0.4, 0.5) is 0 Å². The third-order valence-corrected chi connectivity index (χ3v) is 4.38. The van der Waals surface area contributed by atoms with Gasteiger partial charge < -0.3 is 19.5 Å². The van der Waals surface area contributed by atoms with E-state index in [1.165, 1.54) is 0 Å². The van der Waals surface area contributed by atoms with Gasteiger partial charge in [-0.05, 0) is 23.8 Å². The minimum absolute atomic E-state index is 0.0108. The second-order valence-corrected chi connectivity index (χ2v) is 5.63. The molecule has 0 spiro atoms. The van der Waals surface area contributed by atoms with Crippen molar-refractivity contribution in [2.75, 3.05) is 13.9 Å². The Balaban J connectivity index is 1.78. The highest BCUT2D eigenvalue weighted by molar-refractivity contribution is 5.83. The number of hydrogen-bond donors (Lipinski definition) is 1. The van der Waals surface area contributed by atoms with Gasteiger partial charge in [0.25, 0.3) is 0 Å². The van der Waals surface area contributed by atoms with E-state index in [0.29, 0.717) is 6.42 Å². The zero-order valence-corrected chi connectivity index (χ0v) is 12.2. The predicted octanol–water partition coefficient (Wildman–Crippen LogP) is 1.86. The average molecular weight is 299 g/mol. The summed E-state index contributed by atoms with van der Waals surface area (Å²) in [6, 6.07) is 7.83. The Morgan fingerprint density at radius 2 is 1.95 bits per heavy atom. The minimum Gasteiger partial charge on any atom is -0.496 e. The van der Waals surface area contributed by atoms with Gasteiger partial charge in [-0.3, -0.25) is 4.79 Å². The number of methoxy groups -OCH3 is 1. The molecule has 1 aromatic rings. The van der Waals surface area contributed by atoms with Crippen molar-refractivity contribution >= 4 is 5.91 Å². The van der Waals surface area contributed by atoms with E-state index < -0.39 is 0 Å². The van der Waals surface area contributed by atoms with Crippen LogP contribution in [0.5, 0.6) is 5.75 Å². The molecule has 1 amide bonds. The number of para-hydroxylation sites is 1. The fourth-order valence-corrected chi connectivity index (χ4v) is 3.35. The molecule has 114 valence electrons. The molecule has 3 unspecified atom stereocenters. The number of allylic oxidation sites excluding steroid dienone is 1. The topological polar surface area (TPSA) is 56.8 Å². The average Bonchev–Trinajstić information content (AvgIpc) is 2.99. The largest absolute Gasteiger partial charge is 0.496 e. The van der Waals surface area contributed by atoms with Gasteiger partial charge in [-0.15, -0.1) is 0 Å². The first-order chi connectivity index (χ1) is 10.8. The standard InChI is InChI=1S/C17H17NO4/c1-20-14-5-3-2-4-10(14)11-7-17(19)18-13-8-16-15(6-12(11)13)21-9-22-16/h2-6,8,11,15-16H,7,9H2,1H3,(H,18,19). The van der Waals surface area contributed by atoms with Crippen LogP contribution in [-0.2, 0) is 14.3 Å². The van der Waals surface area contributed by atoms with E-state index in [1.54, 1.807) is 7.11 Å². The fraction of sp³-hybridized carbons (Fsp3) is 0.353. The first kappa shape index (κ1) is 13.5. The summed E-state index contributed by atoms with van der Waals surface area (Å²) in [6.45, 7) is 0.288. The first-order valence-corrected chi connectivity index (χ1v) is 7.36. The lowest BCUT2D eigenvalue weighted by atomic mass is 9.80. The highest BCUT2D eigenvalue weighted by Crippen LogP contribution is 2.42. The van der Waals surface area contributed by atoms with E-state index in [2.05, 4.69) is 11.4 Å². The van der Waals surface area contributed by atoms with Gasteiger partial charge in [0, 0.05) is 23.6 Å². The van der Waals surface area contributed by atoms with E-state index >= 15 is 0 Å². The number of carbonyl (C=O) groups is 1. The van der Waals surface area contributed by atoms with Crippen LogP contribution in [0.2, 0.25) is 0 Å². The summed E-state index contributed by atoms with van der Waals surface area (Å²) in [5.41, 5.74) is 2.93. The van der Waals surface area contributed by atoms with E-state index in [-0.39, 0.29) is 30.8 Å². The molecule has 5 heteroatoms. The lowest BCUT2D eigenvalue weighted by molar-refractivity contribution is -0.121.